The van der Waals surface area contributed by atoms with Gasteiger partial charge in [-0.2, -0.15) is 0 Å². The fourth-order valence-electron chi connectivity index (χ4n) is 3.63. The number of hydrogen-bond acceptors (Lipinski definition) is 5. The van der Waals surface area contributed by atoms with Crippen LogP contribution in [-0.4, -0.2) is 61.5 Å². The highest BCUT2D eigenvalue weighted by atomic mass is 32.2. The molecule has 2 fully saturated rings. The number of piperidine rings is 1. The van der Waals surface area contributed by atoms with Crippen LogP contribution in [-0.2, 0) is 21.9 Å². The Bertz CT molecular complexity index is 707. The molecule has 0 atom stereocenters. The van der Waals surface area contributed by atoms with Crippen LogP contribution in [0.2, 0.25) is 0 Å². The number of sulfonamides is 1. The third kappa shape index (κ3) is 4.04. The number of rotatable bonds is 5. The van der Waals surface area contributed by atoms with Gasteiger partial charge in [-0.1, -0.05) is 0 Å². The number of imidazole rings is 1. The second-order valence-corrected chi connectivity index (χ2v) is 8.91. The highest BCUT2D eigenvalue weighted by Crippen LogP contribution is 2.36. The molecule has 140 valence electrons. The summed E-state index contributed by atoms with van der Waals surface area (Å²) in [6.07, 6.45) is 4.91. The van der Waals surface area contributed by atoms with Gasteiger partial charge >= 0.3 is 0 Å². The molecular formula is C16H27N5O3S. The molecule has 8 nitrogen and oxygen atoms in total. The average molecular weight is 369 g/mol. The van der Waals surface area contributed by atoms with E-state index in [1.54, 1.807) is 18.5 Å². The van der Waals surface area contributed by atoms with Crippen molar-refractivity contribution in [2.45, 2.75) is 37.6 Å². The molecule has 3 heterocycles. The molecule has 2 aliphatic heterocycles. The molecule has 0 bridgehead atoms. The van der Waals surface area contributed by atoms with Gasteiger partial charge in [-0.05, 0) is 38.1 Å². The van der Waals surface area contributed by atoms with E-state index in [1.165, 1.54) is 12.6 Å². The summed E-state index contributed by atoms with van der Waals surface area (Å²) in [5.74, 6) is 0.640. The van der Waals surface area contributed by atoms with Crippen LogP contribution in [0.4, 0.5) is 0 Å². The SMILES string of the molecule is Cc1nc(S(=O)(=O)NCCC(=O)N2CCC3(CCNC3)CC2)cn1C. The predicted molar refractivity (Wildman–Crippen MR) is 93.5 cm³/mol. The molecule has 2 N–H and O–H groups in total. The molecule has 1 aromatic rings. The number of likely N-dealkylation sites (tertiary alicyclic amines) is 1. The lowest BCUT2D eigenvalue weighted by Crippen LogP contribution is -2.44. The Balaban J connectivity index is 1.46. The third-order valence-electron chi connectivity index (χ3n) is 5.50. The number of aryl methyl sites for hydroxylation is 2. The van der Waals surface area contributed by atoms with E-state index < -0.39 is 10.0 Å². The van der Waals surface area contributed by atoms with Crippen molar-refractivity contribution in [1.82, 2.24) is 24.5 Å². The number of nitrogens with zero attached hydrogens (tertiary/aromatic N) is 3. The normalized spacial score (nSPS) is 20.3. The van der Waals surface area contributed by atoms with Crippen molar-refractivity contribution in [1.29, 1.82) is 0 Å². The minimum atomic E-state index is -3.67. The molecule has 1 spiro atoms. The van der Waals surface area contributed by atoms with Crippen molar-refractivity contribution in [2.75, 3.05) is 32.7 Å². The molecule has 2 saturated heterocycles. The van der Waals surface area contributed by atoms with Gasteiger partial charge in [-0.25, -0.2) is 18.1 Å². The Kier molecular flexibility index (Phi) is 5.17. The molecule has 25 heavy (non-hydrogen) atoms. The van der Waals surface area contributed by atoms with Crippen LogP contribution < -0.4 is 10.0 Å². The van der Waals surface area contributed by atoms with Crippen molar-refractivity contribution in [2.24, 2.45) is 12.5 Å². The number of carbonyl (C=O) groups is 1. The van der Waals surface area contributed by atoms with E-state index in [0.717, 1.165) is 39.0 Å². The zero-order valence-corrected chi connectivity index (χ0v) is 15.7. The van der Waals surface area contributed by atoms with Gasteiger partial charge in [0.1, 0.15) is 5.82 Å². The largest absolute Gasteiger partial charge is 0.343 e. The van der Waals surface area contributed by atoms with Crippen molar-refractivity contribution in [3.8, 4) is 0 Å². The lowest BCUT2D eigenvalue weighted by molar-refractivity contribution is -0.133. The lowest BCUT2D eigenvalue weighted by atomic mass is 9.78. The van der Waals surface area contributed by atoms with Crippen molar-refractivity contribution in [3.63, 3.8) is 0 Å². The molecule has 0 unspecified atom stereocenters. The number of hydrogen-bond donors (Lipinski definition) is 2. The molecule has 1 amide bonds. The van der Waals surface area contributed by atoms with E-state index in [4.69, 9.17) is 0 Å². The molecule has 0 saturated carbocycles. The van der Waals surface area contributed by atoms with E-state index in [1.807, 2.05) is 4.90 Å². The van der Waals surface area contributed by atoms with Crippen LogP contribution in [0.5, 0.6) is 0 Å². The van der Waals surface area contributed by atoms with Gasteiger partial charge in [0.2, 0.25) is 5.91 Å². The Morgan fingerprint density at radius 3 is 2.64 bits per heavy atom. The van der Waals surface area contributed by atoms with Gasteiger partial charge < -0.3 is 14.8 Å². The third-order valence-corrected chi connectivity index (χ3v) is 6.83. The van der Waals surface area contributed by atoms with Gasteiger partial charge in [0.05, 0.1) is 0 Å². The van der Waals surface area contributed by atoms with Crippen LogP contribution in [0.15, 0.2) is 11.2 Å². The minimum absolute atomic E-state index is 0.00593. The van der Waals surface area contributed by atoms with Crippen molar-refractivity contribution in [3.05, 3.63) is 12.0 Å². The summed E-state index contributed by atoms with van der Waals surface area (Å²) in [6.45, 7) is 5.51. The maximum absolute atomic E-state index is 12.3. The summed E-state index contributed by atoms with van der Waals surface area (Å²) in [7, 11) is -1.92. The molecule has 0 aliphatic carbocycles. The quantitative estimate of drug-likeness (QED) is 0.762. The molecule has 0 radical (unpaired) electrons. The topological polar surface area (TPSA) is 96.3 Å². The van der Waals surface area contributed by atoms with Crippen LogP contribution in [0.3, 0.4) is 0 Å². The fourth-order valence-corrected chi connectivity index (χ4v) is 4.70. The second-order valence-electron chi connectivity index (χ2n) is 7.19. The highest BCUT2D eigenvalue weighted by molar-refractivity contribution is 7.89. The molecule has 3 rings (SSSR count). The number of aromatic nitrogens is 2. The van der Waals surface area contributed by atoms with Gasteiger partial charge in [0.25, 0.3) is 10.0 Å². The minimum Gasteiger partial charge on any atom is -0.343 e. The number of nitrogens with one attached hydrogen (secondary N) is 2. The molecule has 2 aliphatic rings. The highest BCUT2D eigenvalue weighted by Gasteiger charge is 2.37. The Hall–Kier alpha value is -1.45. The Morgan fingerprint density at radius 1 is 1.36 bits per heavy atom. The monoisotopic (exact) mass is 369 g/mol. The molecule has 0 aromatic carbocycles. The first kappa shape index (κ1) is 18.3. The van der Waals surface area contributed by atoms with E-state index in [0.29, 0.717) is 11.2 Å². The summed E-state index contributed by atoms with van der Waals surface area (Å²) in [6, 6.07) is 0. The molecular weight excluding hydrogens is 342 g/mol. The van der Waals surface area contributed by atoms with E-state index in [-0.39, 0.29) is 23.9 Å². The van der Waals surface area contributed by atoms with Crippen molar-refractivity contribution >= 4 is 15.9 Å². The fraction of sp³-hybridized carbons (Fsp3) is 0.750. The van der Waals surface area contributed by atoms with Crippen LogP contribution in [0, 0.1) is 12.3 Å². The molecule has 1 aromatic heterocycles. The lowest BCUT2D eigenvalue weighted by Gasteiger charge is -2.39. The maximum atomic E-state index is 12.3. The average Bonchev–Trinajstić information content (AvgIpc) is 3.16. The summed E-state index contributed by atoms with van der Waals surface area (Å²) < 4.78 is 28.5. The summed E-state index contributed by atoms with van der Waals surface area (Å²) >= 11 is 0. The van der Waals surface area contributed by atoms with Gasteiger partial charge in [-0.15, -0.1) is 0 Å². The first-order chi connectivity index (χ1) is 11.8. The van der Waals surface area contributed by atoms with Gasteiger partial charge in [0, 0.05) is 45.8 Å². The van der Waals surface area contributed by atoms with Gasteiger partial charge in [0.15, 0.2) is 5.03 Å². The summed E-state index contributed by atoms with van der Waals surface area (Å²) in [4.78, 5) is 18.2. The first-order valence-electron chi connectivity index (χ1n) is 8.80. The predicted octanol–water partition coefficient (Wildman–Crippen LogP) is -0.000980. The maximum Gasteiger partial charge on any atom is 0.259 e. The number of carbonyl (C=O) groups excluding carboxylic acids is 1. The zero-order valence-electron chi connectivity index (χ0n) is 14.9. The van der Waals surface area contributed by atoms with E-state index in [2.05, 4.69) is 15.0 Å². The first-order valence-corrected chi connectivity index (χ1v) is 10.3. The Morgan fingerprint density at radius 2 is 2.08 bits per heavy atom. The van der Waals surface area contributed by atoms with Crippen LogP contribution in [0.25, 0.3) is 0 Å². The second kappa shape index (κ2) is 7.05. The van der Waals surface area contributed by atoms with Crippen LogP contribution >= 0.6 is 0 Å². The smallest absolute Gasteiger partial charge is 0.259 e. The standard InChI is InChI=1S/C16H27N5O3S/c1-13-19-14(11-20(13)2)25(23,24)18-7-3-15(22)21-9-5-16(6-10-21)4-8-17-12-16/h11,17-18H,3-10,12H2,1-2H3. The van der Waals surface area contributed by atoms with E-state index in [9.17, 15) is 13.2 Å². The number of amides is 1. The van der Waals surface area contributed by atoms with Gasteiger partial charge in [-0.3, -0.25) is 4.79 Å². The van der Waals surface area contributed by atoms with E-state index >= 15 is 0 Å². The summed E-state index contributed by atoms with van der Waals surface area (Å²) in [5, 5.41) is 3.41. The molecule has 9 heteroatoms. The Labute approximate surface area is 149 Å². The zero-order chi connectivity index (χ0) is 18.1. The van der Waals surface area contributed by atoms with Crippen molar-refractivity contribution < 1.29 is 13.2 Å². The summed E-state index contributed by atoms with van der Waals surface area (Å²) in [5.41, 5.74) is 0.370. The van der Waals surface area contributed by atoms with Crippen LogP contribution in [0.1, 0.15) is 31.5 Å².